The fourth-order valence-corrected chi connectivity index (χ4v) is 2.47. The first kappa shape index (κ1) is 14.3. The molecule has 0 unspecified atom stereocenters. The largest absolute Gasteiger partial charge is 0.367 e. The number of pyridine rings is 1. The summed E-state index contributed by atoms with van der Waals surface area (Å²) in [6.07, 6.45) is 2.89. The highest BCUT2D eigenvalue weighted by Crippen LogP contribution is 2.24. The van der Waals surface area contributed by atoms with Crippen LogP contribution >= 0.6 is 0 Å². The topological polar surface area (TPSA) is 45.4 Å². The molecule has 0 bridgehead atoms. The van der Waals surface area contributed by atoms with Gasteiger partial charge in [-0.3, -0.25) is 9.88 Å². The Bertz CT molecular complexity index is 413. The van der Waals surface area contributed by atoms with Gasteiger partial charge in [0.05, 0.1) is 17.6 Å². The number of anilines is 1. The molecule has 1 aromatic heterocycles. The number of rotatable bonds is 3. The number of hydrogen-bond donors (Lipinski definition) is 1. The van der Waals surface area contributed by atoms with Gasteiger partial charge in [-0.25, -0.2) is 0 Å². The number of piperazine rings is 1. The van der Waals surface area contributed by atoms with E-state index >= 15 is 0 Å². The molecule has 1 atom stereocenters. The van der Waals surface area contributed by atoms with Crippen molar-refractivity contribution >= 4 is 5.69 Å². The van der Waals surface area contributed by atoms with Crippen LogP contribution in [0.25, 0.3) is 0 Å². The van der Waals surface area contributed by atoms with Crippen LogP contribution in [0.5, 0.6) is 0 Å². The molecule has 1 aliphatic rings. The van der Waals surface area contributed by atoms with E-state index in [1.165, 1.54) is 5.69 Å². The van der Waals surface area contributed by atoms with E-state index in [0.29, 0.717) is 0 Å². The van der Waals surface area contributed by atoms with Gasteiger partial charge < -0.3 is 10.6 Å². The van der Waals surface area contributed by atoms with Crippen LogP contribution in [0.2, 0.25) is 0 Å². The lowest BCUT2D eigenvalue weighted by atomic mass is 9.99. The zero-order valence-corrected chi connectivity index (χ0v) is 12.6. The molecule has 0 amide bonds. The van der Waals surface area contributed by atoms with E-state index in [4.69, 9.17) is 5.73 Å². The van der Waals surface area contributed by atoms with Gasteiger partial charge in [0, 0.05) is 31.2 Å². The summed E-state index contributed by atoms with van der Waals surface area (Å²) in [6.45, 7) is 9.83. The Morgan fingerprint density at radius 2 is 2.11 bits per heavy atom. The normalized spacial score (nSPS) is 21.4. The Hall–Kier alpha value is -1.13. The highest BCUT2D eigenvalue weighted by Gasteiger charge is 2.31. The van der Waals surface area contributed by atoms with Crippen molar-refractivity contribution < 1.29 is 0 Å². The van der Waals surface area contributed by atoms with Crippen LogP contribution in [-0.4, -0.2) is 42.1 Å². The summed E-state index contributed by atoms with van der Waals surface area (Å²) in [6, 6.07) is 4.27. The number of likely N-dealkylation sites (N-methyl/N-ethyl adjacent to an activating group) is 1. The Morgan fingerprint density at radius 1 is 1.37 bits per heavy atom. The lowest BCUT2D eigenvalue weighted by Gasteiger charge is -2.46. The van der Waals surface area contributed by atoms with Gasteiger partial charge in [-0.15, -0.1) is 0 Å². The minimum Gasteiger partial charge on any atom is -0.367 e. The zero-order valence-electron chi connectivity index (χ0n) is 12.6. The lowest BCUT2D eigenvalue weighted by molar-refractivity contribution is 0.139. The van der Waals surface area contributed by atoms with Crippen LogP contribution in [-0.2, 0) is 0 Å². The molecule has 0 aliphatic carbocycles. The maximum absolute atomic E-state index is 6.00. The van der Waals surface area contributed by atoms with E-state index in [-0.39, 0.29) is 11.6 Å². The maximum Gasteiger partial charge on any atom is 0.0572 e. The molecule has 1 fully saturated rings. The van der Waals surface area contributed by atoms with Gasteiger partial charge in [0.2, 0.25) is 0 Å². The third-order valence-corrected chi connectivity index (χ3v) is 4.27. The molecule has 1 aliphatic heterocycles. The molecule has 1 aromatic rings. The molecule has 4 nitrogen and oxygen atoms in total. The van der Waals surface area contributed by atoms with E-state index in [1.807, 2.05) is 6.20 Å². The van der Waals surface area contributed by atoms with Crippen molar-refractivity contribution in [3.05, 3.63) is 24.0 Å². The second kappa shape index (κ2) is 5.47. The molecule has 1 saturated heterocycles. The van der Waals surface area contributed by atoms with E-state index in [1.54, 1.807) is 0 Å². The van der Waals surface area contributed by atoms with Crippen LogP contribution in [0.15, 0.2) is 18.3 Å². The molecule has 4 heteroatoms. The molecule has 0 radical (unpaired) electrons. The molecular formula is C15H26N4. The summed E-state index contributed by atoms with van der Waals surface area (Å²) < 4.78 is 0. The van der Waals surface area contributed by atoms with Gasteiger partial charge in [-0.2, -0.15) is 0 Å². The molecule has 0 spiro atoms. The average Bonchev–Trinajstić information content (AvgIpc) is 2.41. The molecule has 0 saturated carbocycles. The van der Waals surface area contributed by atoms with Gasteiger partial charge in [-0.05, 0) is 39.4 Å². The summed E-state index contributed by atoms with van der Waals surface area (Å²) in [5, 5.41) is 0. The monoisotopic (exact) mass is 262 g/mol. The Labute approximate surface area is 116 Å². The van der Waals surface area contributed by atoms with Crippen molar-refractivity contribution in [1.82, 2.24) is 9.88 Å². The smallest absolute Gasteiger partial charge is 0.0572 e. The van der Waals surface area contributed by atoms with Crippen molar-refractivity contribution in [2.45, 2.75) is 38.8 Å². The van der Waals surface area contributed by atoms with Crippen molar-refractivity contribution in [2.75, 3.05) is 31.6 Å². The number of nitrogens with zero attached hydrogens (tertiary/aromatic N) is 3. The standard InChI is InChI=1S/C15H26N4/c1-5-13(16)14-7-6-12(10-17-14)19-9-8-18(4)15(2,3)11-19/h6-7,10,13H,5,8-9,11,16H2,1-4H3/t13-/m1/s1. The number of hydrogen-bond acceptors (Lipinski definition) is 4. The molecule has 106 valence electrons. The summed E-state index contributed by atoms with van der Waals surface area (Å²) in [5.74, 6) is 0. The van der Waals surface area contributed by atoms with E-state index < -0.39 is 0 Å². The van der Waals surface area contributed by atoms with Crippen LogP contribution in [0.4, 0.5) is 5.69 Å². The fraction of sp³-hybridized carbons (Fsp3) is 0.667. The third kappa shape index (κ3) is 3.07. The van der Waals surface area contributed by atoms with Gasteiger partial charge in [0.1, 0.15) is 0 Å². The second-order valence-corrected chi connectivity index (χ2v) is 6.11. The predicted molar refractivity (Wildman–Crippen MR) is 80.4 cm³/mol. The van der Waals surface area contributed by atoms with Crippen molar-refractivity contribution in [3.8, 4) is 0 Å². The summed E-state index contributed by atoms with van der Waals surface area (Å²) in [5.41, 5.74) is 8.39. The van der Waals surface area contributed by atoms with Gasteiger partial charge in [-0.1, -0.05) is 6.92 Å². The minimum absolute atomic E-state index is 0.0537. The second-order valence-electron chi connectivity index (χ2n) is 6.11. The molecule has 2 rings (SSSR count). The number of nitrogens with two attached hydrogens (primary N) is 1. The quantitative estimate of drug-likeness (QED) is 0.905. The first-order valence-corrected chi connectivity index (χ1v) is 7.12. The SMILES string of the molecule is CC[C@@H](N)c1ccc(N2CCN(C)C(C)(C)C2)cn1. The highest BCUT2D eigenvalue weighted by atomic mass is 15.3. The highest BCUT2D eigenvalue weighted by molar-refractivity contribution is 5.46. The Balaban J connectivity index is 2.10. The molecular weight excluding hydrogens is 236 g/mol. The summed E-state index contributed by atoms with van der Waals surface area (Å²) >= 11 is 0. The van der Waals surface area contributed by atoms with Crippen LogP contribution < -0.4 is 10.6 Å². The van der Waals surface area contributed by atoms with Gasteiger partial charge >= 0.3 is 0 Å². The summed E-state index contributed by atoms with van der Waals surface area (Å²) in [4.78, 5) is 9.34. The Kier molecular flexibility index (Phi) is 4.11. The van der Waals surface area contributed by atoms with Crippen LogP contribution in [0.3, 0.4) is 0 Å². The van der Waals surface area contributed by atoms with E-state index in [9.17, 15) is 0 Å². The number of aromatic nitrogens is 1. The Morgan fingerprint density at radius 3 is 2.63 bits per heavy atom. The first-order valence-electron chi connectivity index (χ1n) is 7.12. The molecule has 0 aromatic carbocycles. The zero-order chi connectivity index (χ0) is 14.0. The molecule has 2 heterocycles. The summed E-state index contributed by atoms with van der Waals surface area (Å²) in [7, 11) is 2.19. The van der Waals surface area contributed by atoms with Gasteiger partial charge in [0.15, 0.2) is 0 Å². The predicted octanol–water partition coefficient (Wildman–Crippen LogP) is 2.02. The van der Waals surface area contributed by atoms with Crippen LogP contribution in [0.1, 0.15) is 38.9 Å². The van der Waals surface area contributed by atoms with E-state index in [0.717, 1.165) is 31.7 Å². The lowest BCUT2D eigenvalue weighted by Crippen LogP contribution is -2.57. The third-order valence-electron chi connectivity index (χ3n) is 4.27. The molecule has 19 heavy (non-hydrogen) atoms. The van der Waals surface area contributed by atoms with Gasteiger partial charge in [0.25, 0.3) is 0 Å². The fourth-order valence-electron chi connectivity index (χ4n) is 2.47. The van der Waals surface area contributed by atoms with Crippen molar-refractivity contribution in [3.63, 3.8) is 0 Å². The van der Waals surface area contributed by atoms with Crippen LogP contribution in [0, 0.1) is 0 Å². The average molecular weight is 262 g/mol. The molecule has 2 N–H and O–H groups in total. The van der Waals surface area contributed by atoms with Crippen molar-refractivity contribution in [2.24, 2.45) is 5.73 Å². The minimum atomic E-state index is 0.0537. The first-order chi connectivity index (χ1) is 8.94. The van der Waals surface area contributed by atoms with E-state index in [2.05, 4.69) is 54.7 Å². The maximum atomic E-state index is 6.00. The van der Waals surface area contributed by atoms with Crippen molar-refractivity contribution in [1.29, 1.82) is 0 Å².